The van der Waals surface area contributed by atoms with Gasteiger partial charge in [0.1, 0.15) is 12.4 Å². The molecule has 0 bridgehead atoms. The van der Waals surface area contributed by atoms with E-state index in [0.717, 1.165) is 25.2 Å². The van der Waals surface area contributed by atoms with E-state index < -0.39 is 10.0 Å². The van der Waals surface area contributed by atoms with E-state index in [1.165, 1.54) is 18.4 Å². The van der Waals surface area contributed by atoms with Crippen LogP contribution in [-0.4, -0.2) is 81.9 Å². The highest BCUT2D eigenvalue weighted by Crippen LogP contribution is 2.19. The highest BCUT2D eigenvalue weighted by Gasteiger charge is 2.22. The SMILES string of the molecule is CN(C)S(=O)(=O)c1ccc(OCCN2CCN(C(=O)Cc3ccccc3Cl)CC2)cc1. The van der Waals surface area contributed by atoms with Crippen LogP contribution in [0.1, 0.15) is 5.56 Å². The maximum Gasteiger partial charge on any atom is 0.242 e. The Kier molecular flexibility index (Phi) is 7.94. The Morgan fingerprint density at radius 3 is 2.29 bits per heavy atom. The van der Waals surface area contributed by atoms with Gasteiger partial charge in [-0.2, -0.15) is 0 Å². The van der Waals surface area contributed by atoms with Crippen molar-refractivity contribution in [3.8, 4) is 5.75 Å². The second kappa shape index (κ2) is 10.5. The molecule has 1 amide bonds. The molecule has 31 heavy (non-hydrogen) atoms. The molecule has 0 N–H and O–H groups in total. The lowest BCUT2D eigenvalue weighted by Crippen LogP contribution is -2.49. The number of sulfonamides is 1. The van der Waals surface area contributed by atoms with Gasteiger partial charge < -0.3 is 9.64 Å². The van der Waals surface area contributed by atoms with Crippen molar-refractivity contribution >= 4 is 27.5 Å². The van der Waals surface area contributed by atoms with Gasteiger partial charge in [-0.15, -0.1) is 0 Å². The predicted molar refractivity (Wildman–Crippen MR) is 121 cm³/mol. The van der Waals surface area contributed by atoms with E-state index in [4.69, 9.17) is 16.3 Å². The van der Waals surface area contributed by atoms with Gasteiger partial charge >= 0.3 is 0 Å². The van der Waals surface area contributed by atoms with E-state index >= 15 is 0 Å². The van der Waals surface area contributed by atoms with Crippen LogP contribution in [0.4, 0.5) is 0 Å². The van der Waals surface area contributed by atoms with Crippen molar-refractivity contribution in [1.82, 2.24) is 14.1 Å². The van der Waals surface area contributed by atoms with Crippen LogP contribution in [0.15, 0.2) is 53.4 Å². The summed E-state index contributed by atoms with van der Waals surface area (Å²) < 4.78 is 31.1. The van der Waals surface area contributed by atoms with Crippen molar-refractivity contribution < 1.29 is 17.9 Å². The molecule has 3 rings (SSSR count). The molecular weight excluding hydrogens is 438 g/mol. The molecule has 1 heterocycles. The lowest BCUT2D eigenvalue weighted by Gasteiger charge is -2.34. The Hall–Kier alpha value is -2.13. The molecule has 1 aliphatic rings. The molecule has 9 heteroatoms. The van der Waals surface area contributed by atoms with Gasteiger partial charge in [-0.1, -0.05) is 29.8 Å². The summed E-state index contributed by atoms with van der Waals surface area (Å²) in [6.45, 7) is 4.17. The predicted octanol–water partition coefficient (Wildman–Crippen LogP) is 2.36. The summed E-state index contributed by atoms with van der Waals surface area (Å²) in [6.07, 6.45) is 0.322. The van der Waals surface area contributed by atoms with Gasteiger partial charge in [0.05, 0.1) is 11.3 Å². The fraction of sp³-hybridized carbons (Fsp3) is 0.409. The summed E-state index contributed by atoms with van der Waals surface area (Å²) in [6, 6.07) is 13.9. The van der Waals surface area contributed by atoms with Crippen molar-refractivity contribution in [3.63, 3.8) is 0 Å². The van der Waals surface area contributed by atoms with Crippen LogP contribution in [0.2, 0.25) is 5.02 Å². The average Bonchev–Trinajstić information content (AvgIpc) is 2.76. The number of hydrogen-bond acceptors (Lipinski definition) is 5. The van der Waals surface area contributed by atoms with Crippen molar-refractivity contribution in [2.24, 2.45) is 0 Å². The van der Waals surface area contributed by atoms with Crippen LogP contribution in [0, 0.1) is 0 Å². The summed E-state index contributed by atoms with van der Waals surface area (Å²) in [5, 5.41) is 0.624. The molecule has 2 aromatic carbocycles. The zero-order valence-electron chi connectivity index (χ0n) is 17.8. The second-order valence-corrected chi connectivity index (χ2v) is 10.2. The molecule has 0 aliphatic carbocycles. The Bertz CT molecular complexity index is 988. The minimum atomic E-state index is -3.44. The summed E-state index contributed by atoms with van der Waals surface area (Å²) >= 11 is 6.16. The normalized spacial score (nSPS) is 15.3. The Labute approximate surface area is 189 Å². The molecule has 0 spiro atoms. The lowest BCUT2D eigenvalue weighted by atomic mass is 10.1. The first-order chi connectivity index (χ1) is 14.8. The van der Waals surface area contributed by atoms with Crippen molar-refractivity contribution in [3.05, 3.63) is 59.1 Å². The Balaban J connectivity index is 1.40. The zero-order valence-corrected chi connectivity index (χ0v) is 19.4. The fourth-order valence-electron chi connectivity index (χ4n) is 3.35. The van der Waals surface area contributed by atoms with Crippen LogP contribution in [0.3, 0.4) is 0 Å². The molecule has 7 nitrogen and oxygen atoms in total. The van der Waals surface area contributed by atoms with E-state index in [1.807, 2.05) is 23.1 Å². The molecule has 1 saturated heterocycles. The van der Waals surface area contributed by atoms with Crippen LogP contribution < -0.4 is 4.74 Å². The van der Waals surface area contributed by atoms with E-state index in [9.17, 15) is 13.2 Å². The van der Waals surface area contributed by atoms with Crippen LogP contribution in [-0.2, 0) is 21.2 Å². The van der Waals surface area contributed by atoms with Crippen LogP contribution in [0.5, 0.6) is 5.75 Å². The fourth-order valence-corrected chi connectivity index (χ4v) is 4.45. The number of hydrogen-bond donors (Lipinski definition) is 0. The summed E-state index contributed by atoms with van der Waals surface area (Å²) in [4.78, 5) is 16.9. The topological polar surface area (TPSA) is 70.2 Å². The number of piperazine rings is 1. The molecule has 2 aromatic rings. The minimum Gasteiger partial charge on any atom is -0.492 e. The maximum atomic E-state index is 12.5. The van der Waals surface area contributed by atoms with Gasteiger partial charge in [-0.3, -0.25) is 9.69 Å². The first-order valence-corrected chi connectivity index (χ1v) is 12.0. The number of rotatable bonds is 8. The highest BCUT2D eigenvalue weighted by molar-refractivity contribution is 7.89. The van der Waals surface area contributed by atoms with Crippen LogP contribution >= 0.6 is 11.6 Å². The molecule has 0 unspecified atom stereocenters. The molecule has 0 saturated carbocycles. The standard InChI is InChI=1S/C22H28ClN3O4S/c1-24(2)31(28,29)20-9-7-19(8-10-20)30-16-15-25-11-13-26(14-12-25)22(27)17-18-5-3-4-6-21(18)23/h3-10H,11-17H2,1-2H3. The molecule has 0 atom stereocenters. The number of ether oxygens (including phenoxy) is 1. The molecule has 168 valence electrons. The van der Waals surface area contributed by atoms with Crippen molar-refractivity contribution in [2.45, 2.75) is 11.3 Å². The van der Waals surface area contributed by atoms with Crippen LogP contribution in [0.25, 0.3) is 0 Å². The van der Waals surface area contributed by atoms with Gasteiger partial charge in [-0.05, 0) is 35.9 Å². The minimum absolute atomic E-state index is 0.0942. The number of nitrogens with zero attached hydrogens (tertiary/aromatic N) is 3. The molecule has 1 aliphatic heterocycles. The third kappa shape index (κ3) is 6.20. The lowest BCUT2D eigenvalue weighted by molar-refractivity contribution is -0.132. The largest absolute Gasteiger partial charge is 0.492 e. The van der Waals surface area contributed by atoms with Gasteiger partial charge in [0.25, 0.3) is 0 Å². The number of amides is 1. The maximum absolute atomic E-state index is 12.5. The van der Waals surface area contributed by atoms with Gasteiger partial charge in [0.15, 0.2) is 0 Å². The monoisotopic (exact) mass is 465 g/mol. The number of carbonyl (C=O) groups is 1. The molecule has 0 radical (unpaired) electrons. The molecule has 1 fully saturated rings. The average molecular weight is 466 g/mol. The highest BCUT2D eigenvalue weighted by atomic mass is 35.5. The number of benzene rings is 2. The Morgan fingerprint density at radius 2 is 1.68 bits per heavy atom. The first-order valence-electron chi connectivity index (χ1n) is 10.2. The number of halogens is 1. The summed E-state index contributed by atoms with van der Waals surface area (Å²) in [5.41, 5.74) is 0.856. The number of carbonyl (C=O) groups excluding carboxylic acids is 1. The Morgan fingerprint density at radius 1 is 1.03 bits per heavy atom. The van der Waals surface area contributed by atoms with E-state index in [0.29, 0.717) is 36.9 Å². The van der Waals surface area contributed by atoms with E-state index in [-0.39, 0.29) is 10.8 Å². The first kappa shape index (κ1) is 23.5. The van der Waals surface area contributed by atoms with Gasteiger partial charge in [0, 0.05) is 51.8 Å². The van der Waals surface area contributed by atoms with E-state index in [1.54, 1.807) is 30.3 Å². The third-order valence-corrected chi connectivity index (χ3v) is 7.50. The van der Waals surface area contributed by atoms with Crippen molar-refractivity contribution in [2.75, 3.05) is 53.4 Å². The van der Waals surface area contributed by atoms with Crippen molar-refractivity contribution in [1.29, 1.82) is 0 Å². The smallest absolute Gasteiger partial charge is 0.242 e. The summed E-state index contributed by atoms with van der Waals surface area (Å²) in [5.74, 6) is 0.725. The van der Waals surface area contributed by atoms with Gasteiger partial charge in [-0.25, -0.2) is 12.7 Å². The summed E-state index contributed by atoms with van der Waals surface area (Å²) in [7, 11) is -0.428. The molecule has 0 aromatic heterocycles. The zero-order chi connectivity index (χ0) is 22.4. The van der Waals surface area contributed by atoms with Gasteiger partial charge in [0.2, 0.25) is 15.9 Å². The molecular formula is C22H28ClN3O4S. The van der Waals surface area contributed by atoms with E-state index in [2.05, 4.69) is 4.90 Å². The quantitative estimate of drug-likeness (QED) is 0.598. The third-order valence-electron chi connectivity index (χ3n) is 5.30. The second-order valence-electron chi connectivity index (χ2n) is 7.60.